The number of aromatic nitrogens is 4. The first-order chi connectivity index (χ1) is 14.1. The predicted octanol–water partition coefficient (Wildman–Crippen LogP) is 3.52. The zero-order valence-electron chi connectivity index (χ0n) is 17.3. The molecule has 29 heavy (non-hydrogen) atoms. The minimum Gasteiger partial charge on any atom is -0.340 e. The van der Waals surface area contributed by atoms with Gasteiger partial charge in [-0.1, -0.05) is 25.1 Å². The van der Waals surface area contributed by atoms with E-state index in [-0.39, 0.29) is 0 Å². The summed E-state index contributed by atoms with van der Waals surface area (Å²) >= 11 is 0. The third kappa shape index (κ3) is 4.29. The van der Waals surface area contributed by atoms with Crippen molar-refractivity contribution in [2.75, 3.05) is 41.3 Å². The molecule has 7 heteroatoms. The number of anilines is 4. The van der Waals surface area contributed by atoms with Crippen molar-refractivity contribution in [1.82, 2.24) is 19.9 Å². The number of aryl methyl sites for hydroxylation is 3. The van der Waals surface area contributed by atoms with Gasteiger partial charge in [-0.05, 0) is 37.5 Å². The van der Waals surface area contributed by atoms with E-state index in [0.29, 0.717) is 0 Å². The van der Waals surface area contributed by atoms with Crippen molar-refractivity contribution in [3.63, 3.8) is 0 Å². The van der Waals surface area contributed by atoms with Gasteiger partial charge < -0.3 is 15.1 Å². The fourth-order valence-electron chi connectivity index (χ4n) is 3.65. The van der Waals surface area contributed by atoms with Crippen molar-refractivity contribution >= 4 is 23.4 Å². The van der Waals surface area contributed by atoms with Gasteiger partial charge in [0.05, 0.1) is 0 Å². The zero-order chi connectivity index (χ0) is 20.2. The Morgan fingerprint density at radius 2 is 1.59 bits per heavy atom. The van der Waals surface area contributed by atoms with E-state index < -0.39 is 0 Å². The minimum absolute atomic E-state index is 0.771. The SMILES string of the molecule is CCc1cccc(C)c1Nc1cc(C)nc(N2CCN(c3ncccn3)CC2)n1. The lowest BCUT2D eigenvalue weighted by atomic mass is 10.1. The van der Waals surface area contributed by atoms with Crippen LogP contribution in [0.15, 0.2) is 42.7 Å². The predicted molar refractivity (Wildman–Crippen MR) is 117 cm³/mol. The van der Waals surface area contributed by atoms with Crippen LogP contribution in [0.4, 0.5) is 23.4 Å². The highest BCUT2D eigenvalue weighted by Gasteiger charge is 2.21. The second kappa shape index (κ2) is 8.43. The molecule has 2 aromatic heterocycles. The Hall–Kier alpha value is -3.22. The van der Waals surface area contributed by atoms with Crippen molar-refractivity contribution < 1.29 is 0 Å². The first-order valence-corrected chi connectivity index (χ1v) is 10.1. The van der Waals surface area contributed by atoms with Gasteiger partial charge in [0.2, 0.25) is 11.9 Å². The van der Waals surface area contributed by atoms with Crippen LogP contribution in [0.2, 0.25) is 0 Å². The average Bonchev–Trinajstić information content (AvgIpc) is 2.75. The summed E-state index contributed by atoms with van der Waals surface area (Å²) in [6, 6.07) is 10.2. The van der Waals surface area contributed by atoms with Gasteiger partial charge in [-0.3, -0.25) is 0 Å². The van der Waals surface area contributed by atoms with Crippen LogP contribution in [0.3, 0.4) is 0 Å². The second-order valence-electron chi connectivity index (χ2n) is 7.31. The first kappa shape index (κ1) is 19.1. The van der Waals surface area contributed by atoms with Crippen LogP contribution in [0.25, 0.3) is 0 Å². The summed E-state index contributed by atoms with van der Waals surface area (Å²) in [6.07, 6.45) is 4.54. The van der Waals surface area contributed by atoms with E-state index in [1.165, 1.54) is 11.1 Å². The Labute approximate surface area is 171 Å². The van der Waals surface area contributed by atoms with E-state index in [1.807, 2.05) is 19.1 Å². The van der Waals surface area contributed by atoms with E-state index in [0.717, 1.165) is 61.7 Å². The van der Waals surface area contributed by atoms with Gasteiger partial charge in [0.1, 0.15) is 5.82 Å². The molecule has 0 spiro atoms. The molecule has 3 heterocycles. The van der Waals surface area contributed by atoms with E-state index in [2.05, 4.69) is 62.1 Å². The number of hydrogen-bond acceptors (Lipinski definition) is 7. The first-order valence-electron chi connectivity index (χ1n) is 10.1. The smallest absolute Gasteiger partial charge is 0.227 e. The topological polar surface area (TPSA) is 70.1 Å². The van der Waals surface area contributed by atoms with Crippen LogP contribution < -0.4 is 15.1 Å². The van der Waals surface area contributed by atoms with E-state index >= 15 is 0 Å². The lowest BCUT2D eigenvalue weighted by Crippen LogP contribution is -2.47. The van der Waals surface area contributed by atoms with Gasteiger partial charge in [0, 0.05) is 56.0 Å². The minimum atomic E-state index is 0.771. The standard InChI is InChI=1S/C22H27N7/c1-4-18-8-5-7-16(2)20(18)26-19-15-17(3)25-22(27-19)29-13-11-28(12-14-29)21-23-9-6-10-24-21/h5-10,15H,4,11-14H2,1-3H3,(H,25,26,27). The van der Waals surface area contributed by atoms with Gasteiger partial charge in [0.15, 0.2) is 0 Å². The lowest BCUT2D eigenvalue weighted by molar-refractivity contribution is 0.627. The molecule has 0 aliphatic carbocycles. The maximum absolute atomic E-state index is 4.82. The summed E-state index contributed by atoms with van der Waals surface area (Å²) in [5, 5.41) is 3.54. The van der Waals surface area contributed by atoms with Crippen molar-refractivity contribution in [2.45, 2.75) is 27.2 Å². The van der Waals surface area contributed by atoms with Gasteiger partial charge in [-0.15, -0.1) is 0 Å². The van der Waals surface area contributed by atoms with E-state index in [1.54, 1.807) is 12.4 Å². The Bertz CT molecular complexity index is 966. The number of benzene rings is 1. The molecule has 7 nitrogen and oxygen atoms in total. The van der Waals surface area contributed by atoms with Gasteiger partial charge in [-0.25, -0.2) is 15.0 Å². The highest BCUT2D eigenvalue weighted by Crippen LogP contribution is 2.26. The summed E-state index contributed by atoms with van der Waals surface area (Å²) in [7, 11) is 0. The van der Waals surface area contributed by atoms with Crippen LogP contribution in [0.1, 0.15) is 23.7 Å². The van der Waals surface area contributed by atoms with Crippen LogP contribution in [0.5, 0.6) is 0 Å². The highest BCUT2D eigenvalue weighted by atomic mass is 15.4. The summed E-state index contributed by atoms with van der Waals surface area (Å²) < 4.78 is 0. The summed E-state index contributed by atoms with van der Waals surface area (Å²) in [5.41, 5.74) is 4.61. The van der Waals surface area contributed by atoms with Crippen LogP contribution >= 0.6 is 0 Å². The molecule has 1 N–H and O–H groups in total. The molecule has 1 aromatic carbocycles. The molecular formula is C22H27N7. The highest BCUT2D eigenvalue weighted by molar-refractivity contribution is 5.65. The zero-order valence-corrected chi connectivity index (χ0v) is 17.3. The van der Waals surface area contributed by atoms with Crippen molar-refractivity contribution in [3.05, 3.63) is 59.5 Å². The molecule has 3 aromatic rings. The normalized spacial score (nSPS) is 14.2. The Kier molecular flexibility index (Phi) is 5.55. The Morgan fingerprint density at radius 3 is 2.28 bits per heavy atom. The molecule has 1 saturated heterocycles. The van der Waals surface area contributed by atoms with Crippen molar-refractivity contribution in [2.24, 2.45) is 0 Å². The number of nitrogens with one attached hydrogen (secondary N) is 1. The molecule has 1 fully saturated rings. The molecule has 0 bridgehead atoms. The van der Waals surface area contributed by atoms with Crippen LogP contribution in [-0.4, -0.2) is 46.1 Å². The molecule has 1 aliphatic heterocycles. The third-order valence-corrected chi connectivity index (χ3v) is 5.23. The number of rotatable bonds is 5. The molecule has 0 atom stereocenters. The van der Waals surface area contributed by atoms with E-state index in [4.69, 9.17) is 4.98 Å². The summed E-state index contributed by atoms with van der Waals surface area (Å²) in [6.45, 7) is 9.69. The number of hydrogen-bond donors (Lipinski definition) is 1. The van der Waals surface area contributed by atoms with Gasteiger partial charge in [-0.2, -0.15) is 4.98 Å². The van der Waals surface area contributed by atoms with E-state index in [9.17, 15) is 0 Å². The Morgan fingerprint density at radius 1 is 0.897 bits per heavy atom. The largest absolute Gasteiger partial charge is 0.340 e. The molecule has 0 radical (unpaired) electrons. The lowest BCUT2D eigenvalue weighted by Gasteiger charge is -2.34. The number of para-hydroxylation sites is 1. The van der Waals surface area contributed by atoms with Gasteiger partial charge >= 0.3 is 0 Å². The number of nitrogens with zero attached hydrogens (tertiary/aromatic N) is 6. The molecule has 0 saturated carbocycles. The maximum atomic E-state index is 4.82. The summed E-state index contributed by atoms with van der Waals surface area (Å²) in [4.78, 5) is 22.7. The van der Waals surface area contributed by atoms with Gasteiger partial charge in [0.25, 0.3) is 0 Å². The third-order valence-electron chi connectivity index (χ3n) is 5.23. The monoisotopic (exact) mass is 389 g/mol. The second-order valence-corrected chi connectivity index (χ2v) is 7.31. The van der Waals surface area contributed by atoms with Crippen LogP contribution in [-0.2, 0) is 6.42 Å². The fraction of sp³-hybridized carbons (Fsp3) is 0.364. The fourth-order valence-corrected chi connectivity index (χ4v) is 3.65. The van der Waals surface area contributed by atoms with Crippen LogP contribution in [0, 0.1) is 13.8 Å². The molecule has 4 rings (SSSR count). The summed E-state index contributed by atoms with van der Waals surface area (Å²) in [5.74, 6) is 2.39. The number of piperazine rings is 1. The Balaban J connectivity index is 1.51. The average molecular weight is 390 g/mol. The molecule has 1 aliphatic rings. The maximum Gasteiger partial charge on any atom is 0.227 e. The molecular weight excluding hydrogens is 362 g/mol. The molecule has 0 unspecified atom stereocenters. The van der Waals surface area contributed by atoms with Crippen molar-refractivity contribution in [3.8, 4) is 0 Å². The molecule has 150 valence electrons. The van der Waals surface area contributed by atoms with Crippen molar-refractivity contribution in [1.29, 1.82) is 0 Å². The quantitative estimate of drug-likeness (QED) is 0.716. The molecule has 0 amide bonds.